The first-order valence-electron chi connectivity index (χ1n) is 5.67. The van der Waals surface area contributed by atoms with E-state index in [4.69, 9.17) is 4.74 Å². The van der Waals surface area contributed by atoms with Crippen molar-refractivity contribution in [2.75, 3.05) is 12.9 Å². The van der Waals surface area contributed by atoms with Crippen molar-refractivity contribution in [3.63, 3.8) is 0 Å². The lowest BCUT2D eigenvalue weighted by molar-refractivity contribution is 0.414. The van der Waals surface area contributed by atoms with Gasteiger partial charge in [0.05, 0.1) is 18.4 Å². The third-order valence-electron chi connectivity index (χ3n) is 3.12. The SMILES string of the molecule is CCS(=O)(=O)NC1(c2ccc(OC)cc2)CC1. The standard InChI is InChI=1S/C12H17NO3S/c1-3-17(14,15)13-12(8-9-12)10-4-6-11(16-2)7-5-10/h4-7,13H,3,8-9H2,1-2H3. The molecule has 0 heterocycles. The van der Waals surface area contributed by atoms with Gasteiger partial charge in [-0.2, -0.15) is 0 Å². The van der Waals surface area contributed by atoms with Crippen molar-refractivity contribution < 1.29 is 13.2 Å². The Hall–Kier alpha value is -1.07. The Kier molecular flexibility index (Phi) is 3.14. The maximum Gasteiger partial charge on any atom is 0.212 e. The van der Waals surface area contributed by atoms with E-state index in [-0.39, 0.29) is 11.3 Å². The predicted molar refractivity (Wildman–Crippen MR) is 66.5 cm³/mol. The van der Waals surface area contributed by atoms with Gasteiger partial charge in [0, 0.05) is 0 Å². The van der Waals surface area contributed by atoms with Crippen LogP contribution in [-0.4, -0.2) is 21.3 Å². The monoisotopic (exact) mass is 255 g/mol. The molecule has 1 aliphatic rings. The highest BCUT2D eigenvalue weighted by molar-refractivity contribution is 7.89. The molecule has 94 valence electrons. The van der Waals surface area contributed by atoms with Crippen LogP contribution < -0.4 is 9.46 Å². The molecule has 0 saturated heterocycles. The molecule has 1 aromatic carbocycles. The Morgan fingerprint density at radius 3 is 2.29 bits per heavy atom. The van der Waals surface area contributed by atoms with E-state index >= 15 is 0 Å². The molecule has 1 N–H and O–H groups in total. The van der Waals surface area contributed by atoms with Crippen LogP contribution in [0.2, 0.25) is 0 Å². The van der Waals surface area contributed by atoms with Crippen molar-refractivity contribution >= 4 is 10.0 Å². The van der Waals surface area contributed by atoms with E-state index in [2.05, 4.69) is 4.72 Å². The summed E-state index contributed by atoms with van der Waals surface area (Å²) in [6.07, 6.45) is 1.72. The van der Waals surface area contributed by atoms with Gasteiger partial charge in [-0.25, -0.2) is 13.1 Å². The third kappa shape index (κ3) is 2.61. The summed E-state index contributed by atoms with van der Waals surface area (Å²) in [6, 6.07) is 7.55. The lowest BCUT2D eigenvalue weighted by Crippen LogP contribution is -2.35. The molecule has 1 saturated carbocycles. The zero-order valence-corrected chi connectivity index (χ0v) is 10.9. The van der Waals surface area contributed by atoms with Crippen LogP contribution in [0.25, 0.3) is 0 Å². The van der Waals surface area contributed by atoms with Crippen LogP contribution in [0, 0.1) is 0 Å². The molecule has 1 aromatic rings. The number of hydrogen-bond donors (Lipinski definition) is 1. The first kappa shape index (κ1) is 12.4. The van der Waals surface area contributed by atoms with Gasteiger partial charge in [0.25, 0.3) is 0 Å². The molecule has 0 spiro atoms. The van der Waals surface area contributed by atoms with E-state index < -0.39 is 10.0 Å². The molecule has 1 fully saturated rings. The number of methoxy groups -OCH3 is 1. The van der Waals surface area contributed by atoms with Crippen LogP contribution in [0.5, 0.6) is 5.75 Å². The van der Waals surface area contributed by atoms with Gasteiger partial charge in [0.2, 0.25) is 10.0 Å². The van der Waals surface area contributed by atoms with E-state index in [1.807, 2.05) is 24.3 Å². The van der Waals surface area contributed by atoms with Gasteiger partial charge >= 0.3 is 0 Å². The lowest BCUT2D eigenvalue weighted by atomic mass is 10.1. The topological polar surface area (TPSA) is 55.4 Å². The van der Waals surface area contributed by atoms with Gasteiger partial charge in [0.1, 0.15) is 5.75 Å². The minimum Gasteiger partial charge on any atom is -0.497 e. The maximum absolute atomic E-state index is 11.6. The minimum absolute atomic E-state index is 0.116. The van der Waals surface area contributed by atoms with Crippen LogP contribution in [0.4, 0.5) is 0 Å². The van der Waals surface area contributed by atoms with Crippen LogP contribution in [0.15, 0.2) is 24.3 Å². The zero-order valence-electron chi connectivity index (χ0n) is 10.1. The molecular formula is C12H17NO3S. The molecule has 17 heavy (non-hydrogen) atoms. The molecule has 2 rings (SSSR count). The van der Waals surface area contributed by atoms with Gasteiger partial charge < -0.3 is 4.74 Å². The maximum atomic E-state index is 11.6. The Balaban J connectivity index is 2.21. The fourth-order valence-electron chi connectivity index (χ4n) is 1.85. The van der Waals surface area contributed by atoms with Gasteiger partial charge in [-0.3, -0.25) is 0 Å². The average Bonchev–Trinajstić information content (AvgIpc) is 3.09. The Morgan fingerprint density at radius 2 is 1.88 bits per heavy atom. The fraction of sp³-hybridized carbons (Fsp3) is 0.500. The summed E-state index contributed by atoms with van der Waals surface area (Å²) in [5.41, 5.74) is 0.636. The first-order valence-corrected chi connectivity index (χ1v) is 7.33. The van der Waals surface area contributed by atoms with Gasteiger partial charge in [-0.05, 0) is 37.5 Å². The van der Waals surface area contributed by atoms with Gasteiger partial charge in [-0.1, -0.05) is 12.1 Å². The predicted octanol–water partition coefficient (Wildman–Crippen LogP) is 1.62. The highest BCUT2D eigenvalue weighted by atomic mass is 32.2. The molecule has 0 radical (unpaired) electrons. The summed E-state index contributed by atoms with van der Waals surface area (Å²) in [6.45, 7) is 1.65. The summed E-state index contributed by atoms with van der Waals surface area (Å²) >= 11 is 0. The molecular weight excluding hydrogens is 238 g/mol. The second-order valence-electron chi connectivity index (χ2n) is 4.32. The Bertz CT molecular complexity index is 489. The average molecular weight is 255 g/mol. The van der Waals surface area contributed by atoms with Crippen LogP contribution in [-0.2, 0) is 15.6 Å². The molecule has 0 aliphatic heterocycles. The fourth-order valence-corrected chi connectivity index (χ4v) is 2.92. The van der Waals surface area contributed by atoms with E-state index in [1.54, 1.807) is 14.0 Å². The third-order valence-corrected chi connectivity index (χ3v) is 4.59. The van der Waals surface area contributed by atoms with E-state index in [0.717, 1.165) is 24.2 Å². The van der Waals surface area contributed by atoms with Crippen LogP contribution in [0.1, 0.15) is 25.3 Å². The summed E-state index contributed by atoms with van der Waals surface area (Å²) in [4.78, 5) is 0. The minimum atomic E-state index is -3.16. The second kappa shape index (κ2) is 4.31. The highest BCUT2D eigenvalue weighted by Crippen LogP contribution is 2.46. The number of hydrogen-bond acceptors (Lipinski definition) is 3. The summed E-state index contributed by atoms with van der Waals surface area (Å²) in [5.74, 6) is 0.896. The van der Waals surface area contributed by atoms with Crippen molar-refractivity contribution in [3.05, 3.63) is 29.8 Å². The number of nitrogens with one attached hydrogen (secondary N) is 1. The lowest BCUT2D eigenvalue weighted by Gasteiger charge is -2.17. The number of rotatable bonds is 5. The molecule has 0 unspecified atom stereocenters. The Labute approximate surface area is 102 Å². The molecule has 0 bridgehead atoms. The number of benzene rings is 1. The highest BCUT2D eigenvalue weighted by Gasteiger charge is 2.46. The first-order chi connectivity index (χ1) is 8.01. The van der Waals surface area contributed by atoms with E-state index in [9.17, 15) is 8.42 Å². The molecule has 0 amide bonds. The molecule has 5 heteroatoms. The van der Waals surface area contributed by atoms with Crippen LogP contribution in [0.3, 0.4) is 0 Å². The zero-order chi connectivity index (χ0) is 12.5. The summed E-state index contributed by atoms with van der Waals surface area (Å²) < 4.78 is 31.1. The number of sulfonamides is 1. The van der Waals surface area contributed by atoms with E-state index in [1.165, 1.54) is 0 Å². The molecule has 0 atom stereocenters. The van der Waals surface area contributed by atoms with Gasteiger partial charge in [0.15, 0.2) is 0 Å². The second-order valence-corrected chi connectivity index (χ2v) is 6.33. The van der Waals surface area contributed by atoms with Crippen molar-refractivity contribution in [2.45, 2.75) is 25.3 Å². The summed E-state index contributed by atoms with van der Waals surface area (Å²) in [7, 11) is -1.55. The van der Waals surface area contributed by atoms with Crippen molar-refractivity contribution in [3.8, 4) is 5.75 Å². The van der Waals surface area contributed by atoms with Gasteiger partial charge in [-0.15, -0.1) is 0 Å². The normalized spacial score (nSPS) is 17.8. The number of ether oxygens (including phenoxy) is 1. The molecule has 4 nitrogen and oxygen atoms in total. The van der Waals surface area contributed by atoms with Crippen molar-refractivity contribution in [2.24, 2.45) is 0 Å². The smallest absolute Gasteiger partial charge is 0.212 e. The van der Waals surface area contributed by atoms with E-state index in [0.29, 0.717) is 0 Å². The quantitative estimate of drug-likeness (QED) is 0.870. The summed E-state index contributed by atoms with van der Waals surface area (Å²) in [5, 5.41) is 0. The molecule has 0 aromatic heterocycles. The Morgan fingerprint density at radius 1 is 1.29 bits per heavy atom. The van der Waals surface area contributed by atoms with Crippen molar-refractivity contribution in [1.29, 1.82) is 0 Å². The molecule has 1 aliphatic carbocycles. The van der Waals surface area contributed by atoms with Crippen LogP contribution >= 0.6 is 0 Å². The van der Waals surface area contributed by atoms with Crippen molar-refractivity contribution in [1.82, 2.24) is 4.72 Å². The largest absolute Gasteiger partial charge is 0.497 e.